The fourth-order valence-electron chi connectivity index (χ4n) is 4.54. The van der Waals surface area contributed by atoms with Gasteiger partial charge in [0.05, 0.1) is 12.2 Å². The lowest BCUT2D eigenvalue weighted by molar-refractivity contribution is -0.0406. The molecule has 0 spiro atoms. The summed E-state index contributed by atoms with van der Waals surface area (Å²) in [5.74, 6) is 0.747. The molecule has 3 nitrogen and oxygen atoms in total. The summed E-state index contributed by atoms with van der Waals surface area (Å²) in [5, 5.41) is 4.99. The average Bonchev–Trinajstić information content (AvgIpc) is 3.18. The van der Waals surface area contributed by atoms with Crippen molar-refractivity contribution in [2.24, 2.45) is 5.92 Å². The third-order valence-corrected chi connectivity index (χ3v) is 6.41. The molecule has 0 radical (unpaired) electrons. The number of ether oxygens (including phenoxy) is 1. The first-order valence-electron chi connectivity index (χ1n) is 9.21. The third kappa shape index (κ3) is 3.91. The summed E-state index contributed by atoms with van der Waals surface area (Å²) in [6.45, 7) is 4.35. The normalized spacial score (nSPS) is 32.6. The monoisotopic (exact) mass is 368 g/mol. The largest absolute Gasteiger partial charge is 0.375 e. The molecule has 0 aliphatic carbocycles. The van der Waals surface area contributed by atoms with E-state index in [1.165, 1.54) is 37.7 Å². The maximum Gasteiger partial charge on any atom is 0.0594 e. The second-order valence-electron chi connectivity index (χ2n) is 7.61. The Hall–Kier alpha value is -0.320. The van der Waals surface area contributed by atoms with Gasteiger partial charge in [-0.2, -0.15) is 0 Å². The molecule has 2 unspecified atom stereocenters. The Morgan fingerprint density at radius 3 is 2.58 bits per heavy atom. The number of hydrogen-bond acceptors (Lipinski definition) is 3. The van der Waals surface area contributed by atoms with E-state index in [-0.39, 0.29) is 0 Å². The van der Waals surface area contributed by atoms with Crippen molar-refractivity contribution in [1.29, 1.82) is 0 Å². The molecule has 3 heterocycles. The number of nitrogens with one attached hydrogen (secondary N) is 1. The van der Waals surface area contributed by atoms with Gasteiger partial charge in [0.1, 0.15) is 0 Å². The summed E-state index contributed by atoms with van der Waals surface area (Å²) in [5.41, 5.74) is 1.19. The number of rotatable bonds is 5. The molecule has 3 aliphatic rings. The quantitative estimate of drug-likeness (QED) is 0.845. The van der Waals surface area contributed by atoms with Crippen molar-refractivity contribution >= 4 is 23.2 Å². The average molecular weight is 369 g/mol. The molecular formula is C19H26Cl2N2O. The molecule has 0 amide bonds. The molecule has 0 saturated carbocycles. The zero-order chi connectivity index (χ0) is 16.5. The smallest absolute Gasteiger partial charge is 0.0594 e. The van der Waals surface area contributed by atoms with Crippen LogP contribution in [0.15, 0.2) is 18.2 Å². The van der Waals surface area contributed by atoms with Crippen molar-refractivity contribution < 1.29 is 4.74 Å². The van der Waals surface area contributed by atoms with E-state index in [4.69, 9.17) is 27.9 Å². The second-order valence-corrected chi connectivity index (χ2v) is 8.45. The topological polar surface area (TPSA) is 24.5 Å². The summed E-state index contributed by atoms with van der Waals surface area (Å²) >= 11 is 12.5. The van der Waals surface area contributed by atoms with Crippen LogP contribution in [0.25, 0.3) is 0 Å². The van der Waals surface area contributed by atoms with Crippen molar-refractivity contribution in [1.82, 2.24) is 10.2 Å². The Morgan fingerprint density at radius 1 is 1.12 bits per heavy atom. The Labute approximate surface area is 154 Å². The van der Waals surface area contributed by atoms with Crippen LogP contribution in [0.5, 0.6) is 0 Å². The lowest BCUT2D eigenvalue weighted by Crippen LogP contribution is -2.44. The van der Waals surface area contributed by atoms with Crippen molar-refractivity contribution in [2.45, 2.75) is 56.9 Å². The van der Waals surface area contributed by atoms with E-state index in [9.17, 15) is 0 Å². The highest BCUT2D eigenvalue weighted by molar-refractivity contribution is 6.35. The zero-order valence-electron chi connectivity index (χ0n) is 14.0. The molecule has 1 aromatic carbocycles. The standard InChI is InChI=1S/C19H26Cl2N2O/c20-15-2-1-14(19(21)7-15)12-23(11-13-5-6-22-10-13)16-8-17-3-4-18(9-16)24-17/h1-2,7,13,16-18,22H,3-6,8-12H2/t13-,16?,17?,18?/m1/s1. The molecule has 3 saturated heterocycles. The maximum absolute atomic E-state index is 6.45. The van der Waals surface area contributed by atoms with Crippen molar-refractivity contribution in [3.63, 3.8) is 0 Å². The number of fused-ring (bicyclic) bond motifs is 2. The van der Waals surface area contributed by atoms with E-state index >= 15 is 0 Å². The number of halogens is 2. The van der Waals surface area contributed by atoms with Crippen LogP contribution in [-0.4, -0.2) is 42.8 Å². The molecule has 1 N–H and O–H groups in total. The fraction of sp³-hybridized carbons (Fsp3) is 0.684. The summed E-state index contributed by atoms with van der Waals surface area (Å²) < 4.78 is 6.05. The minimum atomic E-state index is 0.471. The number of nitrogens with zero attached hydrogens (tertiary/aromatic N) is 1. The highest BCUT2D eigenvalue weighted by Gasteiger charge is 2.38. The molecule has 0 aromatic heterocycles. The summed E-state index contributed by atoms with van der Waals surface area (Å²) in [6, 6.07) is 6.51. The number of hydrogen-bond donors (Lipinski definition) is 1. The number of benzene rings is 1. The van der Waals surface area contributed by atoms with Crippen molar-refractivity contribution in [3.8, 4) is 0 Å². The van der Waals surface area contributed by atoms with Gasteiger partial charge < -0.3 is 10.1 Å². The fourth-order valence-corrected chi connectivity index (χ4v) is 5.01. The molecule has 5 heteroatoms. The van der Waals surface area contributed by atoms with Gasteiger partial charge in [0.2, 0.25) is 0 Å². The van der Waals surface area contributed by atoms with E-state index in [0.717, 1.165) is 37.1 Å². The van der Waals surface area contributed by atoms with E-state index in [2.05, 4.69) is 16.3 Å². The minimum absolute atomic E-state index is 0.471. The van der Waals surface area contributed by atoms with Gasteiger partial charge in [-0.25, -0.2) is 0 Å². The van der Waals surface area contributed by atoms with Crippen LogP contribution >= 0.6 is 23.2 Å². The summed E-state index contributed by atoms with van der Waals surface area (Å²) in [7, 11) is 0. The second kappa shape index (κ2) is 7.51. The lowest BCUT2D eigenvalue weighted by atomic mass is 9.98. The van der Waals surface area contributed by atoms with Crippen LogP contribution in [0.3, 0.4) is 0 Å². The van der Waals surface area contributed by atoms with Gasteiger partial charge in [0, 0.05) is 29.2 Å². The Balaban J connectivity index is 1.50. The van der Waals surface area contributed by atoms with Crippen LogP contribution in [0.1, 0.15) is 37.7 Å². The third-order valence-electron chi connectivity index (χ3n) is 5.83. The Kier molecular flexibility index (Phi) is 5.35. The van der Waals surface area contributed by atoms with Crippen molar-refractivity contribution in [3.05, 3.63) is 33.8 Å². The molecule has 4 rings (SSSR count). The predicted molar refractivity (Wildman–Crippen MR) is 98.8 cm³/mol. The maximum atomic E-state index is 6.45. The van der Waals surface area contributed by atoms with Gasteiger partial charge in [0.15, 0.2) is 0 Å². The highest BCUT2D eigenvalue weighted by atomic mass is 35.5. The van der Waals surface area contributed by atoms with Crippen LogP contribution in [0, 0.1) is 5.92 Å². The van der Waals surface area contributed by atoms with E-state index in [1.54, 1.807) is 0 Å². The molecular weight excluding hydrogens is 343 g/mol. The lowest BCUT2D eigenvalue weighted by Gasteiger charge is -2.38. The molecule has 132 valence electrons. The van der Waals surface area contributed by atoms with E-state index in [1.807, 2.05) is 12.1 Å². The van der Waals surface area contributed by atoms with Gasteiger partial charge in [-0.1, -0.05) is 29.3 Å². The van der Waals surface area contributed by atoms with Gasteiger partial charge in [0.25, 0.3) is 0 Å². The van der Waals surface area contributed by atoms with Crippen LogP contribution in [0.2, 0.25) is 10.0 Å². The molecule has 24 heavy (non-hydrogen) atoms. The minimum Gasteiger partial charge on any atom is -0.375 e. The summed E-state index contributed by atoms with van der Waals surface area (Å²) in [6.07, 6.45) is 7.03. The van der Waals surface area contributed by atoms with Gasteiger partial charge in [-0.05, 0) is 68.8 Å². The summed E-state index contributed by atoms with van der Waals surface area (Å²) in [4.78, 5) is 2.67. The first kappa shape index (κ1) is 17.1. The van der Waals surface area contributed by atoms with Crippen molar-refractivity contribution in [2.75, 3.05) is 19.6 Å². The highest BCUT2D eigenvalue weighted by Crippen LogP contribution is 2.36. The van der Waals surface area contributed by atoms with E-state index in [0.29, 0.717) is 23.3 Å². The first-order valence-corrected chi connectivity index (χ1v) is 9.97. The molecule has 2 bridgehead atoms. The molecule has 1 aromatic rings. The van der Waals surface area contributed by atoms with E-state index < -0.39 is 0 Å². The molecule has 3 fully saturated rings. The molecule has 3 atom stereocenters. The molecule has 3 aliphatic heterocycles. The Morgan fingerprint density at radius 2 is 1.92 bits per heavy atom. The zero-order valence-corrected chi connectivity index (χ0v) is 15.5. The Bertz CT molecular complexity index is 564. The van der Waals surface area contributed by atoms with Crippen LogP contribution in [0.4, 0.5) is 0 Å². The van der Waals surface area contributed by atoms with Gasteiger partial charge in [-0.3, -0.25) is 4.90 Å². The van der Waals surface area contributed by atoms with Gasteiger partial charge >= 0.3 is 0 Å². The SMILES string of the molecule is Clc1ccc(CN(C[C@@H]2CCNC2)C2CC3CCC(C2)O3)c(Cl)c1. The van der Waals surface area contributed by atoms with Crippen LogP contribution in [-0.2, 0) is 11.3 Å². The first-order chi connectivity index (χ1) is 11.7. The van der Waals surface area contributed by atoms with Gasteiger partial charge in [-0.15, -0.1) is 0 Å². The van der Waals surface area contributed by atoms with Crippen LogP contribution < -0.4 is 5.32 Å². The predicted octanol–water partition coefficient (Wildman–Crippen LogP) is 4.11.